The van der Waals surface area contributed by atoms with Gasteiger partial charge in [0.05, 0.1) is 18.2 Å². The van der Waals surface area contributed by atoms with Crippen molar-refractivity contribution in [1.29, 1.82) is 5.26 Å². The maximum atomic E-state index is 12.6. The van der Waals surface area contributed by atoms with E-state index in [0.29, 0.717) is 15.5 Å². The Labute approximate surface area is 103 Å². The van der Waals surface area contributed by atoms with Crippen molar-refractivity contribution in [2.24, 2.45) is 0 Å². The van der Waals surface area contributed by atoms with Crippen LogP contribution in [0, 0.1) is 11.3 Å². The van der Waals surface area contributed by atoms with E-state index in [1.165, 1.54) is 0 Å². The summed E-state index contributed by atoms with van der Waals surface area (Å²) in [5.41, 5.74) is 0.455. The third kappa shape index (κ3) is 2.95. The molecule has 80 valence electrons. The number of aromatic nitrogens is 1. The summed E-state index contributed by atoms with van der Waals surface area (Å²) in [4.78, 5) is 3.79. The van der Waals surface area contributed by atoms with Crippen LogP contribution in [0.1, 0.15) is 23.4 Å². The van der Waals surface area contributed by atoms with Crippen LogP contribution in [0.3, 0.4) is 0 Å². The third-order valence-electron chi connectivity index (χ3n) is 1.75. The van der Waals surface area contributed by atoms with Gasteiger partial charge in [-0.3, -0.25) is 4.98 Å². The fourth-order valence-corrected chi connectivity index (χ4v) is 2.01. The van der Waals surface area contributed by atoms with Gasteiger partial charge in [0.15, 0.2) is 0 Å². The lowest BCUT2D eigenvalue weighted by Gasteiger charge is -2.09. The Balaban J connectivity index is 3.30. The molecule has 0 saturated carbocycles. The molecule has 0 N–H and O–H groups in total. The second-order valence-electron chi connectivity index (χ2n) is 2.73. The first kappa shape index (κ1) is 12.5. The van der Waals surface area contributed by atoms with Gasteiger partial charge in [0.1, 0.15) is 5.69 Å². The summed E-state index contributed by atoms with van der Waals surface area (Å²) in [6.07, 6.45) is -2.74. The fraction of sp³-hybridized carbons (Fsp3) is 0.333. The standard InChI is InChI=1S/C9H6Br2F2N2/c10-4-5-3-7(11)6(1-2-14)8(15-5)9(12)13/h3,9H,1,4H2. The lowest BCUT2D eigenvalue weighted by molar-refractivity contribution is 0.144. The number of alkyl halides is 3. The minimum absolute atomic E-state index is 0.0736. The van der Waals surface area contributed by atoms with Crippen LogP contribution in [0.4, 0.5) is 8.78 Å². The molecule has 0 fully saturated rings. The normalized spacial score (nSPS) is 10.4. The fourth-order valence-electron chi connectivity index (χ4n) is 1.11. The van der Waals surface area contributed by atoms with Gasteiger partial charge in [0, 0.05) is 15.4 Å². The summed E-state index contributed by atoms with van der Waals surface area (Å²) >= 11 is 6.31. The molecule has 0 aromatic carbocycles. The van der Waals surface area contributed by atoms with Crippen LogP contribution in [-0.2, 0) is 11.8 Å². The number of halogens is 4. The number of pyridine rings is 1. The van der Waals surface area contributed by atoms with E-state index < -0.39 is 6.43 Å². The summed E-state index contributed by atoms with van der Waals surface area (Å²) in [6.45, 7) is 0. The Kier molecular flexibility index (Phi) is 4.61. The topological polar surface area (TPSA) is 36.7 Å². The predicted molar refractivity (Wildman–Crippen MR) is 58.8 cm³/mol. The largest absolute Gasteiger partial charge is 0.280 e. The first-order valence-electron chi connectivity index (χ1n) is 3.99. The van der Waals surface area contributed by atoms with Gasteiger partial charge in [0.2, 0.25) is 0 Å². The Bertz CT molecular complexity index is 402. The van der Waals surface area contributed by atoms with E-state index in [9.17, 15) is 8.78 Å². The maximum Gasteiger partial charge on any atom is 0.280 e. The smallest absolute Gasteiger partial charge is 0.251 e. The highest BCUT2D eigenvalue weighted by molar-refractivity contribution is 9.10. The summed E-state index contributed by atoms with van der Waals surface area (Å²) in [5, 5.41) is 8.93. The Morgan fingerprint density at radius 1 is 1.53 bits per heavy atom. The Hall–Kier alpha value is -0.540. The molecule has 0 aliphatic rings. The second kappa shape index (κ2) is 5.52. The first-order valence-corrected chi connectivity index (χ1v) is 5.90. The van der Waals surface area contributed by atoms with Crippen molar-refractivity contribution >= 4 is 31.9 Å². The van der Waals surface area contributed by atoms with Crippen LogP contribution in [0.2, 0.25) is 0 Å². The molecular formula is C9H6Br2F2N2. The molecule has 0 atom stereocenters. The molecule has 0 amide bonds. The van der Waals surface area contributed by atoms with E-state index in [4.69, 9.17) is 5.26 Å². The molecule has 0 unspecified atom stereocenters. The highest BCUT2D eigenvalue weighted by Gasteiger charge is 2.18. The SMILES string of the molecule is N#CCc1c(Br)cc(CBr)nc1C(F)F. The zero-order chi connectivity index (χ0) is 11.4. The quantitative estimate of drug-likeness (QED) is 0.786. The van der Waals surface area contributed by atoms with Gasteiger partial charge < -0.3 is 0 Å². The Morgan fingerprint density at radius 3 is 2.67 bits per heavy atom. The lowest BCUT2D eigenvalue weighted by atomic mass is 10.1. The van der Waals surface area contributed by atoms with Crippen LogP contribution in [-0.4, -0.2) is 4.98 Å². The molecule has 15 heavy (non-hydrogen) atoms. The summed E-state index contributed by atoms with van der Waals surface area (Å²) in [5.74, 6) is 0. The van der Waals surface area contributed by atoms with E-state index in [-0.39, 0.29) is 17.7 Å². The maximum absolute atomic E-state index is 12.6. The average Bonchev–Trinajstić information content (AvgIpc) is 2.20. The van der Waals surface area contributed by atoms with Gasteiger partial charge in [-0.2, -0.15) is 5.26 Å². The lowest BCUT2D eigenvalue weighted by Crippen LogP contribution is -2.02. The van der Waals surface area contributed by atoms with Crippen molar-refractivity contribution in [3.05, 3.63) is 27.5 Å². The van der Waals surface area contributed by atoms with Gasteiger partial charge in [-0.15, -0.1) is 0 Å². The molecule has 0 bridgehead atoms. The van der Waals surface area contributed by atoms with Gasteiger partial charge in [-0.05, 0) is 6.07 Å². The minimum atomic E-state index is -2.66. The summed E-state index contributed by atoms with van der Waals surface area (Å²) < 4.78 is 25.8. The van der Waals surface area contributed by atoms with Crippen molar-refractivity contribution in [2.45, 2.75) is 18.2 Å². The van der Waals surface area contributed by atoms with Crippen LogP contribution in [0.25, 0.3) is 0 Å². The van der Waals surface area contributed by atoms with Crippen molar-refractivity contribution in [2.75, 3.05) is 0 Å². The zero-order valence-corrected chi connectivity index (χ0v) is 10.6. The van der Waals surface area contributed by atoms with E-state index in [1.54, 1.807) is 6.07 Å². The summed E-state index contributed by atoms with van der Waals surface area (Å²) in [7, 11) is 0. The molecule has 0 radical (unpaired) electrons. The van der Waals surface area contributed by atoms with E-state index in [1.807, 2.05) is 6.07 Å². The third-order valence-corrected chi connectivity index (χ3v) is 3.04. The van der Waals surface area contributed by atoms with Crippen molar-refractivity contribution in [1.82, 2.24) is 4.98 Å². The van der Waals surface area contributed by atoms with Gasteiger partial charge >= 0.3 is 0 Å². The zero-order valence-electron chi connectivity index (χ0n) is 7.48. The molecule has 2 nitrogen and oxygen atoms in total. The minimum Gasteiger partial charge on any atom is -0.251 e. The van der Waals surface area contributed by atoms with E-state index >= 15 is 0 Å². The molecule has 1 heterocycles. The average molecular weight is 340 g/mol. The van der Waals surface area contributed by atoms with Crippen molar-refractivity contribution in [3.63, 3.8) is 0 Å². The molecule has 1 aromatic heterocycles. The monoisotopic (exact) mass is 338 g/mol. The van der Waals surface area contributed by atoms with Crippen LogP contribution >= 0.6 is 31.9 Å². The Morgan fingerprint density at radius 2 is 2.20 bits per heavy atom. The number of nitrogens with zero attached hydrogens (tertiary/aromatic N) is 2. The molecule has 1 aromatic rings. The van der Waals surface area contributed by atoms with Crippen LogP contribution in [0.15, 0.2) is 10.5 Å². The van der Waals surface area contributed by atoms with Crippen LogP contribution in [0.5, 0.6) is 0 Å². The number of nitriles is 1. The molecular weight excluding hydrogens is 334 g/mol. The molecule has 1 rings (SSSR count). The molecule has 0 saturated heterocycles. The van der Waals surface area contributed by atoms with Crippen molar-refractivity contribution in [3.8, 4) is 6.07 Å². The summed E-state index contributed by atoms with van der Waals surface area (Å²) in [6, 6.07) is 3.47. The van der Waals surface area contributed by atoms with E-state index in [2.05, 4.69) is 36.8 Å². The predicted octanol–water partition coefficient (Wildman–Crippen LogP) is 3.74. The number of rotatable bonds is 3. The van der Waals surface area contributed by atoms with Gasteiger partial charge in [0.25, 0.3) is 6.43 Å². The highest BCUT2D eigenvalue weighted by atomic mass is 79.9. The first-order chi connectivity index (χ1) is 7.10. The highest BCUT2D eigenvalue weighted by Crippen LogP contribution is 2.28. The molecule has 0 aliphatic carbocycles. The van der Waals surface area contributed by atoms with Crippen LogP contribution < -0.4 is 0 Å². The van der Waals surface area contributed by atoms with Gasteiger partial charge in [-0.1, -0.05) is 31.9 Å². The van der Waals surface area contributed by atoms with Gasteiger partial charge in [-0.25, -0.2) is 8.78 Å². The molecule has 0 spiro atoms. The number of hydrogen-bond donors (Lipinski definition) is 0. The van der Waals surface area contributed by atoms with Crippen molar-refractivity contribution < 1.29 is 8.78 Å². The molecule has 6 heteroatoms. The number of hydrogen-bond acceptors (Lipinski definition) is 2. The second-order valence-corrected chi connectivity index (χ2v) is 4.14. The molecule has 0 aliphatic heterocycles. The van der Waals surface area contributed by atoms with E-state index in [0.717, 1.165) is 0 Å².